The zero-order valence-corrected chi connectivity index (χ0v) is 17.2. The van der Waals surface area contributed by atoms with Crippen LogP contribution in [-0.2, 0) is 27.5 Å². The summed E-state index contributed by atoms with van der Waals surface area (Å²) in [6.07, 6.45) is -0.000674. The van der Waals surface area contributed by atoms with Gasteiger partial charge in [-0.05, 0) is 30.7 Å². The number of esters is 1. The normalized spacial score (nSPS) is 13.5. The third-order valence-corrected chi connectivity index (χ3v) is 5.15. The molecule has 164 valence electrons. The highest BCUT2D eigenvalue weighted by molar-refractivity contribution is 6.01. The van der Waals surface area contributed by atoms with E-state index in [0.29, 0.717) is 28.2 Å². The van der Waals surface area contributed by atoms with E-state index >= 15 is 0 Å². The average molecular weight is 430 g/mol. The molecule has 2 aromatic carbocycles. The van der Waals surface area contributed by atoms with E-state index < -0.39 is 23.7 Å². The van der Waals surface area contributed by atoms with Gasteiger partial charge in [0.05, 0.1) is 20.8 Å². The second-order valence-corrected chi connectivity index (χ2v) is 6.99. The van der Waals surface area contributed by atoms with Crippen molar-refractivity contribution in [2.75, 3.05) is 14.2 Å². The maximum Gasteiger partial charge on any atom is 0.305 e. The second kappa shape index (κ2) is 9.46. The van der Waals surface area contributed by atoms with Crippen LogP contribution in [0.4, 0.5) is 4.39 Å². The van der Waals surface area contributed by atoms with Gasteiger partial charge in [-0.3, -0.25) is 14.4 Å². The van der Waals surface area contributed by atoms with Crippen molar-refractivity contribution in [3.8, 4) is 11.5 Å². The first-order chi connectivity index (χ1) is 14.8. The molecule has 0 saturated heterocycles. The quantitative estimate of drug-likeness (QED) is 0.611. The van der Waals surface area contributed by atoms with Crippen LogP contribution in [0.15, 0.2) is 36.4 Å². The number of fused-ring (bicyclic) bond motifs is 1. The summed E-state index contributed by atoms with van der Waals surface area (Å²) >= 11 is 0. The van der Waals surface area contributed by atoms with Crippen molar-refractivity contribution in [1.82, 2.24) is 4.90 Å². The number of carbonyl (C=O) groups excluding carboxylic acids is 3. The third kappa shape index (κ3) is 4.76. The molecule has 0 aromatic heterocycles. The number of benzene rings is 2. The number of ether oxygens (including phenoxy) is 3. The molecule has 0 radical (unpaired) electrons. The van der Waals surface area contributed by atoms with Crippen LogP contribution < -0.4 is 15.2 Å². The van der Waals surface area contributed by atoms with Gasteiger partial charge in [0.15, 0.2) is 0 Å². The fraction of sp³-hybridized carbons (Fsp3) is 0.318. The van der Waals surface area contributed by atoms with Gasteiger partial charge in [0.2, 0.25) is 5.91 Å². The molecule has 0 unspecified atom stereocenters. The number of halogens is 1. The summed E-state index contributed by atoms with van der Waals surface area (Å²) in [7, 11) is 2.69. The van der Waals surface area contributed by atoms with Gasteiger partial charge in [0.25, 0.3) is 5.91 Å². The van der Waals surface area contributed by atoms with Crippen molar-refractivity contribution >= 4 is 17.8 Å². The lowest BCUT2D eigenvalue weighted by molar-refractivity contribution is -0.141. The fourth-order valence-corrected chi connectivity index (χ4v) is 3.45. The lowest BCUT2D eigenvalue weighted by Crippen LogP contribution is -2.45. The molecule has 3 rings (SSSR count). The van der Waals surface area contributed by atoms with Crippen molar-refractivity contribution in [3.63, 3.8) is 0 Å². The van der Waals surface area contributed by atoms with E-state index in [9.17, 15) is 18.8 Å². The minimum atomic E-state index is -0.967. The number of methoxy groups -OCH3 is 2. The fourth-order valence-electron chi connectivity index (χ4n) is 3.45. The van der Waals surface area contributed by atoms with Crippen LogP contribution in [0.3, 0.4) is 0 Å². The predicted octanol–water partition coefficient (Wildman–Crippen LogP) is 2.18. The summed E-state index contributed by atoms with van der Waals surface area (Å²) in [6, 6.07) is 8.42. The van der Waals surface area contributed by atoms with Gasteiger partial charge in [0, 0.05) is 29.2 Å². The monoisotopic (exact) mass is 430 g/mol. The maximum absolute atomic E-state index is 14.2. The Morgan fingerprint density at radius 3 is 2.65 bits per heavy atom. The molecule has 2 aromatic rings. The van der Waals surface area contributed by atoms with Gasteiger partial charge in [-0.15, -0.1) is 0 Å². The van der Waals surface area contributed by atoms with Crippen LogP contribution in [0, 0.1) is 5.82 Å². The summed E-state index contributed by atoms with van der Waals surface area (Å²) in [5.74, 6) is -1.27. The standard InChI is InChI=1S/C22H23FN2O6/c1-29-14-7-6-13(17(23)10-14)12-31-19-5-3-4-15-16(19)11-25(22(15)28)18(21(24)27)8-9-20(26)30-2/h3-7,10,18H,8-9,11-12H2,1-2H3,(H2,24,27)/t18-/m0/s1. The minimum Gasteiger partial charge on any atom is -0.497 e. The molecule has 0 bridgehead atoms. The van der Waals surface area contributed by atoms with E-state index in [4.69, 9.17) is 15.2 Å². The Bertz CT molecular complexity index is 1010. The summed E-state index contributed by atoms with van der Waals surface area (Å²) in [5, 5.41) is 0. The second-order valence-electron chi connectivity index (χ2n) is 6.99. The van der Waals surface area contributed by atoms with Gasteiger partial charge in [-0.2, -0.15) is 0 Å². The lowest BCUT2D eigenvalue weighted by Gasteiger charge is -2.24. The highest BCUT2D eigenvalue weighted by atomic mass is 19.1. The molecule has 1 heterocycles. The Morgan fingerprint density at radius 1 is 1.23 bits per heavy atom. The summed E-state index contributed by atoms with van der Waals surface area (Å²) in [6.45, 7) is 0.0340. The first kappa shape index (κ1) is 22.1. The van der Waals surface area contributed by atoms with Gasteiger partial charge in [-0.25, -0.2) is 4.39 Å². The molecule has 9 heteroatoms. The first-order valence-corrected chi connectivity index (χ1v) is 9.60. The lowest BCUT2D eigenvalue weighted by atomic mass is 10.1. The predicted molar refractivity (Wildman–Crippen MR) is 108 cm³/mol. The molecule has 1 aliphatic rings. The number of nitrogens with zero attached hydrogens (tertiary/aromatic N) is 1. The van der Waals surface area contributed by atoms with E-state index in [1.165, 1.54) is 25.2 Å². The van der Waals surface area contributed by atoms with Gasteiger partial charge >= 0.3 is 5.97 Å². The highest BCUT2D eigenvalue weighted by Gasteiger charge is 2.37. The molecule has 0 spiro atoms. The van der Waals surface area contributed by atoms with Crippen molar-refractivity contribution in [2.45, 2.75) is 32.0 Å². The van der Waals surface area contributed by atoms with E-state index in [1.54, 1.807) is 30.3 Å². The van der Waals surface area contributed by atoms with Crippen molar-refractivity contribution in [1.29, 1.82) is 0 Å². The first-order valence-electron chi connectivity index (χ1n) is 9.60. The number of nitrogens with two attached hydrogens (primary N) is 1. The average Bonchev–Trinajstić information content (AvgIpc) is 3.09. The molecule has 31 heavy (non-hydrogen) atoms. The third-order valence-electron chi connectivity index (χ3n) is 5.15. The SMILES string of the molecule is COC(=O)CC[C@@H](C(N)=O)N1Cc2c(OCc3ccc(OC)cc3F)cccc2C1=O. The molecular weight excluding hydrogens is 407 g/mol. The van der Waals surface area contributed by atoms with Gasteiger partial charge in [-0.1, -0.05) is 6.07 Å². The molecule has 1 aliphatic heterocycles. The number of hydrogen-bond acceptors (Lipinski definition) is 6. The molecule has 2 amide bonds. The molecule has 2 N–H and O–H groups in total. The Labute approximate surface area is 178 Å². The van der Waals surface area contributed by atoms with E-state index in [2.05, 4.69) is 4.74 Å². The highest BCUT2D eigenvalue weighted by Crippen LogP contribution is 2.33. The summed E-state index contributed by atoms with van der Waals surface area (Å²) < 4.78 is 29.6. The van der Waals surface area contributed by atoms with Crippen LogP contribution in [0.1, 0.15) is 34.3 Å². The van der Waals surface area contributed by atoms with Crippen LogP contribution >= 0.6 is 0 Å². The largest absolute Gasteiger partial charge is 0.497 e. The van der Waals surface area contributed by atoms with E-state index in [0.717, 1.165) is 0 Å². The topological polar surface area (TPSA) is 108 Å². The van der Waals surface area contributed by atoms with E-state index in [1.807, 2.05) is 0 Å². The smallest absolute Gasteiger partial charge is 0.305 e. The minimum absolute atomic E-state index is 0.0506. The van der Waals surface area contributed by atoms with Crippen molar-refractivity contribution in [3.05, 3.63) is 58.9 Å². The molecule has 1 atom stereocenters. The van der Waals surface area contributed by atoms with Crippen LogP contribution in [0.25, 0.3) is 0 Å². The van der Waals surface area contributed by atoms with Crippen molar-refractivity contribution < 1.29 is 33.0 Å². The molecule has 0 fully saturated rings. The Balaban J connectivity index is 1.77. The Morgan fingerprint density at radius 2 is 2.00 bits per heavy atom. The Kier molecular flexibility index (Phi) is 6.74. The number of hydrogen-bond donors (Lipinski definition) is 1. The summed E-state index contributed by atoms with van der Waals surface area (Å²) in [4.78, 5) is 37.6. The van der Waals surface area contributed by atoms with Gasteiger partial charge in [0.1, 0.15) is 30.0 Å². The zero-order valence-electron chi connectivity index (χ0n) is 17.2. The molecule has 0 saturated carbocycles. The maximum atomic E-state index is 14.2. The van der Waals surface area contributed by atoms with Crippen molar-refractivity contribution in [2.24, 2.45) is 5.73 Å². The number of rotatable bonds is 9. The van der Waals surface area contributed by atoms with Gasteiger partial charge < -0.3 is 24.8 Å². The molecular formula is C22H23FN2O6. The molecule has 8 nitrogen and oxygen atoms in total. The zero-order chi connectivity index (χ0) is 22.5. The number of primary amides is 1. The number of amides is 2. The van der Waals surface area contributed by atoms with Crippen LogP contribution in [0.5, 0.6) is 11.5 Å². The molecule has 0 aliphatic carbocycles. The van der Waals surface area contributed by atoms with E-state index in [-0.39, 0.29) is 31.9 Å². The van der Waals surface area contributed by atoms with Crippen LogP contribution in [-0.4, -0.2) is 42.9 Å². The summed E-state index contributed by atoms with van der Waals surface area (Å²) in [5.41, 5.74) is 6.76. The Hall–Kier alpha value is -3.62. The number of carbonyl (C=O) groups is 3. The van der Waals surface area contributed by atoms with Crippen LogP contribution in [0.2, 0.25) is 0 Å².